The normalized spacial score (nSPS) is 17.5. The molecule has 1 heteroatoms. The van der Waals surface area contributed by atoms with Gasteiger partial charge in [-0.3, -0.25) is 0 Å². The van der Waals surface area contributed by atoms with E-state index in [0.717, 1.165) is 12.0 Å². The minimum absolute atomic E-state index is 0.370. The molecular formula is C16H22O. The lowest BCUT2D eigenvalue weighted by atomic mass is 9.96. The van der Waals surface area contributed by atoms with E-state index in [9.17, 15) is 5.11 Å². The topological polar surface area (TPSA) is 20.2 Å². The summed E-state index contributed by atoms with van der Waals surface area (Å²) in [6.07, 6.45) is 6.78. The van der Waals surface area contributed by atoms with Crippen LogP contribution in [0.1, 0.15) is 57.1 Å². The Kier molecular flexibility index (Phi) is 4.38. The molecule has 2 rings (SSSR count). The minimum Gasteiger partial charge on any atom is -0.384 e. The lowest BCUT2D eigenvalue weighted by molar-refractivity contribution is 0.211. The van der Waals surface area contributed by atoms with E-state index >= 15 is 0 Å². The van der Waals surface area contributed by atoms with E-state index in [0.29, 0.717) is 0 Å². The number of rotatable bonds is 5. The molecule has 1 aliphatic carbocycles. The fraction of sp³-hybridized carbons (Fsp3) is 0.500. The molecule has 0 heterocycles. The zero-order valence-electron chi connectivity index (χ0n) is 10.7. The number of unbranched alkanes of at least 4 members (excludes halogenated alkanes) is 1. The molecule has 0 radical (unpaired) electrons. The van der Waals surface area contributed by atoms with Crippen LogP contribution in [0.4, 0.5) is 0 Å². The van der Waals surface area contributed by atoms with Gasteiger partial charge in [-0.15, -0.1) is 0 Å². The van der Waals surface area contributed by atoms with Gasteiger partial charge in [-0.05, 0) is 43.2 Å². The van der Waals surface area contributed by atoms with Crippen molar-refractivity contribution in [3.05, 3.63) is 47.0 Å². The van der Waals surface area contributed by atoms with Crippen molar-refractivity contribution in [1.82, 2.24) is 0 Å². The highest BCUT2D eigenvalue weighted by Crippen LogP contribution is 2.37. The summed E-state index contributed by atoms with van der Waals surface area (Å²) in [6.45, 7) is 2.23. The van der Waals surface area contributed by atoms with Gasteiger partial charge < -0.3 is 5.11 Å². The lowest BCUT2D eigenvalue weighted by Gasteiger charge is -2.15. The van der Waals surface area contributed by atoms with Crippen molar-refractivity contribution in [3.8, 4) is 0 Å². The van der Waals surface area contributed by atoms with Gasteiger partial charge in [0.05, 0.1) is 0 Å². The van der Waals surface area contributed by atoms with Crippen molar-refractivity contribution in [2.45, 2.75) is 51.6 Å². The summed E-state index contributed by atoms with van der Waals surface area (Å²) in [4.78, 5) is 0. The molecule has 0 bridgehead atoms. The van der Waals surface area contributed by atoms with E-state index in [4.69, 9.17) is 0 Å². The average Bonchev–Trinajstić information content (AvgIpc) is 2.84. The molecule has 0 amide bonds. The van der Waals surface area contributed by atoms with Gasteiger partial charge in [0.1, 0.15) is 6.10 Å². The fourth-order valence-electron chi connectivity index (χ4n) is 2.67. The number of benzene rings is 1. The third kappa shape index (κ3) is 2.98. The van der Waals surface area contributed by atoms with E-state index in [-0.39, 0.29) is 6.10 Å². The van der Waals surface area contributed by atoms with Crippen LogP contribution >= 0.6 is 0 Å². The molecular weight excluding hydrogens is 208 g/mol. The Bertz CT molecular complexity index is 378. The zero-order chi connectivity index (χ0) is 12.1. The second-order valence-electron chi connectivity index (χ2n) is 4.90. The number of aliphatic hydroxyl groups excluding tert-OH is 1. The maximum Gasteiger partial charge on any atom is 0.100 e. The highest BCUT2D eigenvalue weighted by Gasteiger charge is 2.21. The van der Waals surface area contributed by atoms with Crippen molar-refractivity contribution in [2.24, 2.45) is 0 Å². The first-order valence-corrected chi connectivity index (χ1v) is 6.76. The van der Waals surface area contributed by atoms with Crippen LogP contribution in [0.25, 0.3) is 0 Å². The largest absolute Gasteiger partial charge is 0.384 e. The van der Waals surface area contributed by atoms with Crippen LogP contribution in [0.15, 0.2) is 41.5 Å². The Balaban J connectivity index is 2.14. The second kappa shape index (κ2) is 6.02. The maximum atomic E-state index is 10.4. The van der Waals surface area contributed by atoms with Crippen molar-refractivity contribution in [1.29, 1.82) is 0 Å². The van der Waals surface area contributed by atoms with Crippen molar-refractivity contribution in [3.63, 3.8) is 0 Å². The standard InChI is InChI=1S/C16H22O/c1-2-3-8-13-11-7-12-15(13)16(17)14-9-5-4-6-10-14/h4-6,9-10,16-17H,2-3,7-8,11-12H2,1H3. The average molecular weight is 230 g/mol. The molecule has 0 fully saturated rings. The molecule has 1 aliphatic rings. The van der Waals surface area contributed by atoms with Gasteiger partial charge in [-0.1, -0.05) is 49.2 Å². The molecule has 17 heavy (non-hydrogen) atoms. The minimum atomic E-state index is -0.370. The van der Waals surface area contributed by atoms with Crippen LogP contribution in [-0.2, 0) is 0 Å². The first-order valence-electron chi connectivity index (χ1n) is 6.76. The summed E-state index contributed by atoms with van der Waals surface area (Å²) in [5.74, 6) is 0. The molecule has 0 spiro atoms. The first kappa shape index (κ1) is 12.4. The summed E-state index contributed by atoms with van der Waals surface area (Å²) in [6, 6.07) is 10.0. The molecule has 1 N–H and O–H groups in total. The fourth-order valence-corrected chi connectivity index (χ4v) is 2.67. The van der Waals surface area contributed by atoms with Crippen LogP contribution < -0.4 is 0 Å². The van der Waals surface area contributed by atoms with E-state index in [1.54, 1.807) is 0 Å². The predicted molar refractivity (Wildman–Crippen MR) is 71.8 cm³/mol. The number of allylic oxidation sites excluding steroid dienone is 1. The van der Waals surface area contributed by atoms with Gasteiger partial charge in [0, 0.05) is 0 Å². The molecule has 0 aliphatic heterocycles. The Morgan fingerprint density at radius 3 is 2.65 bits per heavy atom. The lowest BCUT2D eigenvalue weighted by Crippen LogP contribution is -2.01. The zero-order valence-corrected chi connectivity index (χ0v) is 10.7. The molecule has 1 aromatic carbocycles. The molecule has 1 atom stereocenters. The summed E-state index contributed by atoms with van der Waals surface area (Å²) in [5.41, 5.74) is 3.85. The number of aliphatic hydroxyl groups is 1. The van der Waals surface area contributed by atoms with Crippen molar-refractivity contribution < 1.29 is 5.11 Å². The molecule has 1 nitrogen and oxygen atoms in total. The Hall–Kier alpha value is -1.08. The third-order valence-electron chi connectivity index (χ3n) is 3.66. The Morgan fingerprint density at radius 1 is 1.18 bits per heavy atom. The first-order chi connectivity index (χ1) is 8.33. The monoisotopic (exact) mass is 230 g/mol. The summed E-state index contributed by atoms with van der Waals surface area (Å²) < 4.78 is 0. The summed E-state index contributed by atoms with van der Waals surface area (Å²) in [5, 5.41) is 10.4. The smallest absolute Gasteiger partial charge is 0.100 e. The predicted octanol–water partition coefficient (Wildman–Crippen LogP) is 4.39. The Labute approximate surface area is 104 Å². The van der Waals surface area contributed by atoms with Crippen LogP contribution in [0.2, 0.25) is 0 Å². The van der Waals surface area contributed by atoms with Gasteiger partial charge >= 0.3 is 0 Å². The molecule has 0 saturated carbocycles. The van der Waals surface area contributed by atoms with Crippen molar-refractivity contribution in [2.75, 3.05) is 0 Å². The summed E-state index contributed by atoms with van der Waals surface area (Å²) >= 11 is 0. The molecule has 92 valence electrons. The summed E-state index contributed by atoms with van der Waals surface area (Å²) in [7, 11) is 0. The molecule has 1 unspecified atom stereocenters. The highest BCUT2D eigenvalue weighted by atomic mass is 16.3. The van der Waals surface area contributed by atoms with E-state index in [2.05, 4.69) is 6.92 Å². The van der Waals surface area contributed by atoms with E-state index in [1.807, 2.05) is 30.3 Å². The number of hydrogen-bond donors (Lipinski definition) is 1. The quantitative estimate of drug-likeness (QED) is 0.744. The maximum absolute atomic E-state index is 10.4. The van der Waals surface area contributed by atoms with Gasteiger partial charge in [-0.25, -0.2) is 0 Å². The van der Waals surface area contributed by atoms with E-state index in [1.165, 1.54) is 43.3 Å². The Morgan fingerprint density at radius 2 is 1.94 bits per heavy atom. The van der Waals surface area contributed by atoms with Crippen LogP contribution in [-0.4, -0.2) is 5.11 Å². The second-order valence-corrected chi connectivity index (χ2v) is 4.90. The van der Waals surface area contributed by atoms with Gasteiger partial charge in [0.2, 0.25) is 0 Å². The van der Waals surface area contributed by atoms with E-state index < -0.39 is 0 Å². The van der Waals surface area contributed by atoms with Crippen LogP contribution in [0.3, 0.4) is 0 Å². The van der Waals surface area contributed by atoms with Gasteiger partial charge in [0.25, 0.3) is 0 Å². The van der Waals surface area contributed by atoms with Crippen LogP contribution in [0, 0.1) is 0 Å². The molecule has 0 saturated heterocycles. The van der Waals surface area contributed by atoms with Crippen molar-refractivity contribution >= 4 is 0 Å². The molecule has 0 aromatic heterocycles. The van der Waals surface area contributed by atoms with Crippen LogP contribution in [0.5, 0.6) is 0 Å². The van der Waals surface area contributed by atoms with Gasteiger partial charge in [0.15, 0.2) is 0 Å². The van der Waals surface area contributed by atoms with Gasteiger partial charge in [-0.2, -0.15) is 0 Å². The highest BCUT2D eigenvalue weighted by molar-refractivity contribution is 5.31. The SMILES string of the molecule is CCCCC1=C(C(O)c2ccccc2)CCC1. The molecule has 1 aromatic rings. The third-order valence-corrected chi connectivity index (χ3v) is 3.66. The number of hydrogen-bond acceptors (Lipinski definition) is 1.